The van der Waals surface area contributed by atoms with Crippen molar-refractivity contribution >= 4 is 24.2 Å². The van der Waals surface area contributed by atoms with E-state index in [2.05, 4.69) is 21.1 Å². The molecule has 3 aromatic rings. The first-order valence-corrected chi connectivity index (χ1v) is 8.59. The molecule has 2 N–H and O–H groups in total. The van der Waals surface area contributed by atoms with Crippen molar-refractivity contribution in [1.82, 2.24) is 10.9 Å². The lowest BCUT2D eigenvalue weighted by Gasteiger charge is -2.00. The number of rotatable bonds is 6. The Hall–Kier alpha value is -4.06. The Kier molecular flexibility index (Phi) is 6.41. The Bertz CT molecular complexity index is 900. The molecule has 138 valence electrons. The number of amides is 2. The highest BCUT2D eigenvalue weighted by molar-refractivity contribution is 5.95. The van der Waals surface area contributed by atoms with Crippen LogP contribution in [0.4, 0.5) is 0 Å². The zero-order valence-corrected chi connectivity index (χ0v) is 14.9. The molecule has 0 bridgehead atoms. The average molecular weight is 370 g/mol. The van der Waals surface area contributed by atoms with Gasteiger partial charge < -0.3 is 0 Å². The maximum Gasteiger partial charge on any atom is 0.271 e. The highest BCUT2D eigenvalue weighted by Crippen LogP contribution is 2.02. The smallest absolute Gasteiger partial charge is 0.267 e. The molecule has 0 saturated heterocycles. The van der Waals surface area contributed by atoms with Gasteiger partial charge in [0.2, 0.25) is 0 Å². The Morgan fingerprint density at radius 2 is 0.929 bits per heavy atom. The molecular weight excluding hydrogens is 352 g/mol. The first-order valence-electron chi connectivity index (χ1n) is 8.59. The Morgan fingerprint density at radius 3 is 1.29 bits per heavy atom. The minimum absolute atomic E-state index is 0.269. The van der Waals surface area contributed by atoms with Gasteiger partial charge in [-0.25, -0.2) is 10.9 Å². The van der Waals surface area contributed by atoms with Crippen LogP contribution >= 0.6 is 0 Å². The van der Waals surface area contributed by atoms with Gasteiger partial charge in [-0.2, -0.15) is 10.2 Å². The molecule has 0 atom stereocenters. The number of nitrogens with zero attached hydrogens (tertiary/aromatic N) is 2. The van der Waals surface area contributed by atoms with E-state index in [1.165, 1.54) is 0 Å². The molecule has 0 aliphatic carbocycles. The predicted molar refractivity (Wildman–Crippen MR) is 109 cm³/mol. The second kappa shape index (κ2) is 9.59. The van der Waals surface area contributed by atoms with Gasteiger partial charge in [0.1, 0.15) is 0 Å². The number of hydrogen-bond acceptors (Lipinski definition) is 4. The highest BCUT2D eigenvalue weighted by Gasteiger charge is 2.02. The molecule has 6 nitrogen and oxygen atoms in total. The first kappa shape index (κ1) is 18.7. The number of carbonyl (C=O) groups excluding carboxylic acids is 2. The van der Waals surface area contributed by atoms with Crippen molar-refractivity contribution in [2.24, 2.45) is 10.2 Å². The minimum Gasteiger partial charge on any atom is -0.267 e. The lowest BCUT2D eigenvalue weighted by Crippen LogP contribution is -2.17. The second-order valence-corrected chi connectivity index (χ2v) is 5.80. The molecule has 0 unspecified atom stereocenters. The largest absolute Gasteiger partial charge is 0.271 e. The molecule has 0 aromatic heterocycles. The van der Waals surface area contributed by atoms with Crippen LogP contribution in [0.3, 0.4) is 0 Å². The molecule has 0 saturated carbocycles. The molecule has 0 spiro atoms. The molecule has 3 rings (SSSR count). The van der Waals surface area contributed by atoms with Gasteiger partial charge in [-0.3, -0.25) is 9.59 Å². The quantitative estimate of drug-likeness (QED) is 0.516. The van der Waals surface area contributed by atoms with E-state index < -0.39 is 0 Å². The summed E-state index contributed by atoms with van der Waals surface area (Å²) >= 11 is 0. The molecule has 0 radical (unpaired) electrons. The molecule has 2 amide bonds. The molecule has 6 heteroatoms. The van der Waals surface area contributed by atoms with Gasteiger partial charge in [0, 0.05) is 11.1 Å². The van der Waals surface area contributed by atoms with Crippen molar-refractivity contribution in [2.45, 2.75) is 0 Å². The van der Waals surface area contributed by atoms with Crippen LogP contribution in [-0.4, -0.2) is 24.2 Å². The van der Waals surface area contributed by atoms with Crippen molar-refractivity contribution in [1.29, 1.82) is 0 Å². The SMILES string of the molecule is O=C(N/N=C/c1ccc(/C=N/NC(=O)c2ccccc2)cc1)c1ccccc1. The van der Waals surface area contributed by atoms with E-state index in [4.69, 9.17) is 0 Å². The summed E-state index contributed by atoms with van der Waals surface area (Å²) in [5.74, 6) is -0.537. The van der Waals surface area contributed by atoms with E-state index in [-0.39, 0.29) is 11.8 Å². The van der Waals surface area contributed by atoms with Gasteiger partial charge in [0.15, 0.2) is 0 Å². The topological polar surface area (TPSA) is 82.9 Å². The Balaban J connectivity index is 1.50. The Morgan fingerprint density at radius 1 is 0.571 bits per heavy atom. The van der Waals surface area contributed by atoms with Gasteiger partial charge in [-0.1, -0.05) is 60.7 Å². The van der Waals surface area contributed by atoms with Crippen LogP contribution in [-0.2, 0) is 0 Å². The van der Waals surface area contributed by atoms with Gasteiger partial charge in [-0.05, 0) is 35.4 Å². The third kappa shape index (κ3) is 5.47. The number of hydrogen-bond donors (Lipinski definition) is 2. The summed E-state index contributed by atoms with van der Waals surface area (Å²) in [5.41, 5.74) is 7.69. The third-order valence-corrected chi connectivity index (χ3v) is 3.77. The van der Waals surface area contributed by atoms with Crippen molar-refractivity contribution in [3.63, 3.8) is 0 Å². The zero-order valence-electron chi connectivity index (χ0n) is 14.9. The van der Waals surface area contributed by atoms with E-state index >= 15 is 0 Å². The summed E-state index contributed by atoms with van der Waals surface area (Å²) in [5, 5.41) is 7.90. The van der Waals surface area contributed by atoms with Crippen LogP contribution in [0.5, 0.6) is 0 Å². The summed E-state index contributed by atoms with van der Waals surface area (Å²) in [4.78, 5) is 23.8. The lowest BCUT2D eigenvalue weighted by atomic mass is 10.2. The van der Waals surface area contributed by atoms with E-state index in [1.807, 2.05) is 36.4 Å². The monoisotopic (exact) mass is 370 g/mol. The zero-order chi connectivity index (χ0) is 19.6. The standard InChI is InChI=1S/C22H18N4O2/c27-21(19-7-3-1-4-8-19)25-23-15-17-11-13-18(14-12-17)16-24-26-22(28)20-9-5-2-6-10-20/h1-16H,(H,25,27)(H,26,28)/b23-15+,24-16+. The lowest BCUT2D eigenvalue weighted by molar-refractivity contribution is 0.0947. The van der Waals surface area contributed by atoms with E-state index in [0.717, 1.165) is 11.1 Å². The Labute approximate surface area is 162 Å². The fourth-order valence-corrected chi connectivity index (χ4v) is 2.31. The normalized spacial score (nSPS) is 10.9. The second-order valence-electron chi connectivity index (χ2n) is 5.80. The van der Waals surface area contributed by atoms with Crippen molar-refractivity contribution < 1.29 is 9.59 Å². The number of benzene rings is 3. The molecule has 0 aliphatic rings. The van der Waals surface area contributed by atoms with Crippen LogP contribution in [0, 0.1) is 0 Å². The van der Waals surface area contributed by atoms with Gasteiger partial charge in [0.05, 0.1) is 12.4 Å². The van der Waals surface area contributed by atoms with Crippen molar-refractivity contribution in [3.05, 3.63) is 107 Å². The average Bonchev–Trinajstić information content (AvgIpc) is 2.76. The summed E-state index contributed by atoms with van der Waals surface area (Å²) in [7, 11) is 0. The van der Waals surface area contributed by atoms with Crippen LogP contribution in [0.15, 0.2) is 95.1 Å². The van der Waals surface area contributed by atoms with Gasteiger partial charge in [0.25, 0.3) is 11.8 Å². The summed E-state index contributed by atoms with van der Waals surface area (Å²) in [6, 6.07) is 25.1. The summed E-state index contributed by atoms with van der Waals surface area (Å²) in [6.45, 7) is 0. The third-order valence-electron chi connectivity index (χ3n) is 3.77. The van der Waals surface area contributed by atoms with Crippen LogP contribution in [0.1, 0.15) is 31.8 Å². The van der Waals surface area contributed by atoms with E-state index in [1.54, 1.807) is 61.0 Å². The minimum atomic E-state index is -0.269. The molecule has 28 heavy (non-hydrogen) atoms. The van der Waals surface area contributed by atoms with Gasteiger partial charge >= 0.3 is 0 Å². The summed E-state index contributed by atoms with van der Waals surface area (Å²) < 4.78 is 0. The fourth-order valence-electron chi connectivity index (χ4n) is 2.31. The maximum atomic E-state index is 11.9. The van der Waals surface area contributed by atoms with Crippen LogP contribution in [0.25, 0.3) is 0 Å². The fraction of sp³-hybridized carbons (Fsp3) is 0. The maximum absolute atomic E-state index is 11.9. The van der Waals surface area contributed by atoms with E-state index in [0.29, 0.717) is 11.1 Å². The molecular formula is C22H18N4O2. The number of hydrazone groups is 2. The number of carbonyl (C=O) groups is 2. The number of nitrogens with one attached hydrogen (secondary N) is 2. The van der Waals surface area contributed by atoms with Crippen molar-refractivity contribution in [3.8, 4) is 0 Å². The molecule has 0 fully saturated rings. The predicted octanol–water partition coefficient (Wildman–Crippen LogP) is 3.21. The van der Waals surface area contributed by atoms with E-state index in [9.17, 15) is 9.59 Å². The highest BCUT2D eigenvalue weighted by atomic mass is 16.2. The summed E-state index contributed by atoms with van der Waals surface area (Å²) in [6.07, 6.45) is 3.11. The molecule has 0 aliphatic heterocycles. The molecule has 3 aromatic carbocycles. The van der Waals surface area contributed by atoms with Gasteiger partial charge in [-0.15, -0.1) is 0 Å². The van der Waals surface area contributed by atoms with Crippen molar-refractivity contribution in [2.75, 3.05) is 0 Å². The molecule has 0 heterocycles. The first-order chi connectivity index (χ1) is 13.7. The van der Waals surface area contributed by atoms with Crippen LogP contribution in [0.2, 0.25) is 0 Å². The van der Waals surface area contributed by atoms with Crippen LogP contribution < -0.4 is 10.9 Å².